The first kappa shape index (κ1) is 34.0. The smallest absolute Gasteiger partial charge is 0.126 e. The fraction of sp³-hybridized carbons (Fsp3) is 0. The number of fused-ring (bicyclic) bond motifs is 9. The number of anilines is 3. The molecule has 0 radical (unpaired) electrons. The maximum Gasteiger partial charge on any atom is 0.126 e. The Hall–Kier alpha value is -7.11. The van der Waals surface area contributed by atoms with Gasteiger partial charge in [-0.25, -0.2) is 4.98 Å². The minimum absolute atomic E-state index is 1.01. The van der Waals surface area contributed by atoms with Crippen LogP contribution in [0.15, 0.2) is 206 Å². The second-order valence-corrected chi connectivity index (χ2v) is 17.2. The van der Waals surface area contributed by atoms with Crippen molar-refractivity contribution in [3.63, 3.8) is 0 Å². The highest BCUT2D eigenvalue weighted by molar-refractivity contribution is 7.26. The van der Waals surface area contributed by atoms with E-state index in [1.165, 1.54) is 79.4 Å². The second-order valence-electron chi connectivity index (χ2n) is 15.1. The summed E-state index contributed by atoms with van der Waals surface area (Å²) < 4.78 is 3.70. The molecule has 12 rings (SSSR count). The monoisotopic (exact) mass is 786 g/mol. The molecule has 0 fully saturated rings. The minimum Gasteiger partial charge on any atom is -0.308 e. The van der Waals surface area contributed by atoms with Crippen molar-refractivity contribution in [2.24, 2.45) is 0 Å². The van der Waals surface area contributed by atoms with E-state index in [1.807, 2.05) is 11.3 Å². The Labute approximate surface area is 349 Å². The van der Waals surface area contributed by atoms with E-state index in [-0.39, 0.29) is 0 Å². The van der Waals surface area contributed by atoms with Gasteiger partial charge in [0.05, 0.1) is 20.6 Å². The lowest BCUT2D eigenvalue weighted by Gasteiger charge is -2.28. The van der Waals surface area contributed by atoms with Gasteiger partial charge >= 0.3 is 0 Å². The average molecular weight is 787 g/mol. The van der Waals surface area contributed by atoms with Crippen molar-refractivity contribution in [2.45, 2.75) is 0 Å². The Kier molecular flexibility index (Phi) is 7.93. The predicted octanol–water partition coefficient (Wildman–Crippen LogP) is 16.6. The summed E-state index contributed by atoms with van der Waals surface area (Å²) in [5.41, 5.74) is 10.3. The number of hydrogen-bond donors (Lipinski definition) is 0. The summed E-state index contributed by atoms with van der Waals surface area (Å²) in [7, 11) is 0. The van der Waals surface area contributed by atoms with E-state index in [2.05, 4.69) is 211 Å². The summed E-state index contributed by atoms with van der Waals surface area (Å²) in [6.07, 6.45) is 0. The van der Waals surface area contributed by atoms with Crippen molar-refractivity contribution in [3.8, 4) is 32.8 Å². The number of nitrogens with zero attached hydrogens (tertiary/aromatic N) is 2. The van der Waals surface area contributed by atoms with Crippen LogP contribution in [-0.2, 0) is 0 Å². The van der Waals surface area contributed by atoms with Gasteiger partial charge in [-0.1, -0.05) is 152 Å². The zero-order valence-electron chi connectivity index (χ0n) is 31.8. The number of thiophene rings is 1. The molecule has 12 aromatic rings. The molecule has 0 unspecified atom stereocenters. The largest absolute Gasteiger partial charge is 0.308 e. The Morgan fingerprint density at radius 3 is 1.78 bits per heavy atom. The topological polar surface area (TPSA) is 16.1 Å². The second kappa shape index (κ2) is 13.8. The van der Waals surface area contributed by atoms with Crippen LogP contribution in [0.2, 0.25) is 0 Å². The Balaban J connectivity index is 1.12. The highest BCUT2D eigenvalue weighted by Gasteiger charge is 2.25. The summed E-state index contributed by atoms with van der Waals surface area (Å²) in [6, 6.07) is 75.2. The number of hydrogen-bond acceptors (Lipinski definition) is 4. The third-order valence-corrected chi connectivity index (χ3v) is 13.9. The summed E-state index contributed by atoms with van der Waals surface area (Å²) >= 11 is 3.63. The number of aromatic nitrogens is 1. The maximum absolute atomic E-state index is 5.28. The maximum atomic E-state index is 5.28. The first-order valence-electron chi connectivity index (χ1n) is 19.9. The molecule has 4 heteroatoms. The van der Waals surface area contributed by atoms with Gasteiger partial charge in [-0.15, -0.1) is 22.7 Å². The van der Waals surface area contributed by atoms with Gasteiger partial charge in [-0.3, -0.25) is 0 Å². The van der Waals surface area contributed by atoms with Crippen molar-refractivity contribution in [1.82, 2.24) is 4.98 Å². The van der Waals surface area contributed by atoms with Crippen molar-refractivity contribution in [1.29, 1.82) is 0 Å². The fourth-order valence-electron chi connectivity index (χ4n) is 8.90. The van der Waals surface area contributed by atoms with Gasteiger partial charge in [-0.2, -0.15) is 0 Å². The lowest BCUT2D eigenvalue weighted by atomic mass is 9.93. The summed E-state index contributed by atoms with van der Waals surface area (Å²) in [5, 5.41) is 11.2. The van der Waals surface area contributed by atoms with Crippen LogP contribution in [0.1, 0.15) is 0 Å². The van der Waals surface area contributed by atoms with Gasteiger partial charge in [0.1, 0.15) is 5.01 Å². The molecule has 2 aromatic heterocycles. The highest BCUT2D eigenvalue weighted by Crippen LogP contribution is 2.52. The molecule has 0 aliphatic heterocycles. The zero-order valence-corrected chi connectivity index (χ0v) is 33.5. The van der Waals surface area contributed by atoms with Gasteiger partial charge < -0.3 is 4.90 Å². The van der Waals surface area contributed by atoms with Crippen LogP contribution in [-0.4, -0.2) is 4.98 Å². The molecule has 276 valence electrons. The molecular formula is C55H34N2S2. The summed E-state index contributed by atoms with van der Waals surface area (Å²) in [6.45, 7) is 0. The number of rotatable bonds is 6. The molecule has 0 spiro atoms. The van der Waals surface area contributed by atoms with E-state index in [1.54, 1.807) is 11.3 Å². The van der Waals surface area contributed by atoms with Crippen molar-refractivity contribution in [3.05, 3.63) is 206 Å². The van der Waals surface area contributed by atoms with Gasteiger partial charge in [0.15, 0.2) is 0 Å². The van der Waals surface area contributed by atoms with Gasteiger partial charge in [0.25, 0.3) is 0 Å². The molecule has 0 saturated heterocycles. The minimum atomic E-state index is 1.01. The molecule has 0 aliphatic carbocycles. The van der Waals surface area contributed by atoms with Crippen LogP contribution in [0.4, 0.5) is 17.1 Å². The molecule has 0 amide bonds. The molecular weight excluding hydrogens is 753 g/mol. The molecule has 2 heterocycles. The number of thiazole rings is 1. The van der Waals surface area contributed by atoms with Gasteiger partial charge in [-0.05, 0) is 109 Å². The average Bonchev–Trinajstić information content (AvgIpc) is 3.92. The third kappa shape index (κ3) is 5.64. The van der Waals surface area contributed by atoms with E-state index in [0.717, 1.165) is 33.1 Å². The first-order valence-corrected chi connectivity index (χ1v) is 21.6. The molecule has 10 aromatic carbocycles. The van der Waals surface area contributed by atoms with E-state index in [0.29, 0.717) is 0 Å². The Bertz CT molecular complexity index is 3510. The molecule has 59 heavy (non-hydrogen) atoms. The summed E-state index contributed by atoms with van der Waals surface area (Å²) in [5.74, 6) is 0. The Morgan fingerprint density at radius 2 is 1.00 bits per heavy atom. The van der Waals surface area contributed by atoms with Crippen LogP contribution >= 0.6 is 22.7 Å². The van der Waals surface area contributed by atoms with E-state index in [4.69, 9.17) is 4.98 Å². The number of benzene rings is 10. The molecule has 0 aliphatic rings. The zero-order chi connectivity index (χ0) is 38.9. The van der Waals surface area contributed by atoms with E-state index in [9.17, 15) is 0 Å². The van der Waals surface area contributed by atoms with E-state index < -0.39 is 0 Å². The standard InChI is InChI=1S/C55H34N2S2/c1-2-12-35(13-3-1)36-22-27-40(28-23-36)57(41-29-24-38(25-30-41)48-34-39-15-5-6-16-42(39)44-18-8-9-19-45(44)48)53-47(55-56-49-20-10-11-21-50(49)59-55)32-31-46-52-43-17-7-4-14-37(43)26-33-51(52)58-54(46)53/h1-34H. The molecule has 0 saturated carbocycles. The van der Waals surface area contributed by atoms with Crippen LogP contribution < -0.4 is 4.90 Å². The Morgan fingerprint density at radius 1 is 0.373 bits per heavy atom. The fourth-order valence-corrected chi connectivity index (χ4v) is 11.1. The lowest BCUT2D eigenvalue weighted by Crippen LogP contribution is -2.11. The summed E-state index contributed by atoms with van der Waals surface area (Å²) in [4.78, 5) is 7.75. The van der Waals surface area contributed by atoms with Crippen molar-refractivity contribution in [2.75, 3.05) is 4.90 Å². The molecule has 0 bridgehead atoms. The third-order valence-electron chi connectivity index (χ3n) is 11.7. The van der Waals surface area contributed by atoms with Crippen molar-refractivity contribution < 1.29 is 0 Å². The van der Waals surface area contributed by atoms with Crippen LogP contribution in [0.3, 0.4) is 0 Å². The lowest BCUT2D eigenvalue weighted by molar-refractivity contribution is 1.30. The van der Waals surface area contributed by atoms with Gasteiger partial charge in [0, 0.05) is 32.4 Å². The molecule has 0 N–H and O–H groups in total. The predicted molar refractivity (Wildman–Crippen MR) is 256 cm³/mol. The molecule has 0 atom stereocenters. The van der Waals surface area contributed by atoms with E-state index >= 15 is 0 Å². The highest BCUT2D eigenvalue weighted by atomic mass is 32.1. The van der Waals surface area contributed by atoms with Crippen LogP contribution in [0.25, 0.3) is 95.5 Å². The number of para-hydroxylation sites is 1. The van der Waals surface area contributed by atoms with Gasteiger partial charge in [0.2, 0.25) is 0 Å². The normalized spacial score (nSPS) is 11.7. The van der Waals surface area contributed by atoms with Crippen LogP contribution in [0.5, 0.6) is 0 Å². The molecule has 2 nitrogen and oxygen atoms in total. The first-order chi connectivity index (χ1) is 29.2. The van der Waals surface area contributed by atoms with Crippen LogP contribution in [0, 0.1) is 0 Å². The SMILES string of the molecule is c1ccc(-c2ccc(N(c3ccc(-c4cc5ccccc5c5ccccc45)cc3)c3c(-c4nc5ccccc5s4)ccc4c3sc3ccc5ccccc5c34)cc2)cc1. The van der Waals surface area contributed by atoms with Crippen molar-refractivity contribution >= 4 is 102 Å². The quantitative estimate of drug-likeness (QED) is 0.156.